The van der Waals surface area contributed by atoms with E-state index < -0.39 is 90.8 Å². The molecule has 1 N–H and O–H groups in total. The molecule has 10 nitrogen and oxygen atoms in total. The Kier molecular flexibility index (Phi) is 13.2. The highest BCUT2D eigenvalue weighted by Crippen LogP contribution is 2.52. The quantitative estimate of drug-likeness (QED) is 0.0423. The van der Waals surface area contributed by atoms with Crippen molar-refractivity contribution < 1.29 is 97.3 Å². The molecule has 0 saturated carbocycles. The largest absolute Gasteiger partial charge is 0.522 e. The second-order valence-electron chi connectivity index (χ2n) is 11.4. The van der Waals surface area contributed by atoms with E-state index in [1.807, 2.05) is 24.3 Å². The van der Waals surface area contributed by atoms with Crippen LogP contribution in [0.15, 0.2) is 106 Å². The molecule has 1 aliphatic heterocycles. The normalized spacial score (nSPS) is 14.0. The van der Waals surface area contributed by atoms with Crippen molar-refractivity contribution >= 4 is 36.9 Å². The van der Waals surface area contributed by atoms with Crippen molar-refractivity contribution in [3.63, 3.8) is 0 Å². The van der Waals surface area contributed by atoms with Gasteiger partial charge in [0.1, 0.15) is 10.9 Å². The van der Waals surface area contributed by atoms with Gasteiger partial charge >= 0.3 is 49.4 Å². The van der Waals surface area contributed by atoms with E-state index in [0.717, 1.165) is 11.5 Å². The maximum absolute atomic E-state index is 14.1. The van der Waals surface area contributed by atoms with E-state index in [9.17, 15) is 74.3 Å². The van der Waals surface area contributed by atoms with Gasteiger partial charge in [0, 0.05) is 16.7 Å². The molecule has 0 radical (unpaired) electrons. The minimum absolute atomic E-state index is 0.0829. The van der Waals surface area contributed by atoms with Crippen molar-refractivity contribution in [2.24, 2.45) is 0 Å². The van der Waals surface area contributed by atoms with Gasteiger partial charge in [0.15, 0.2) is 27.9 Å². The molecule has 4 aromatic rings. The monoisotopic (exact) mass is 903 g/mol. The third kappa shape index (κ3) is 9.99. The highest BCUT2D eigenvalue weighted by atomic mass is 32.2. The lowest BCUT2D eigenvalue weighted by Crippen LogP contribution is -2.61. The summed E-state index contributed by atoms with van der Waals surface area (Å²) in [4.78, 5) is 15.4. The number of fused-ring (bicyclic) bond motifs is 2. The number of Topliss-reactive ketones (excluding diaryl/α,β-unsaturated/α-hetero) is 1. The zero-order valence-corrected chi connectivity index (χ0v) is 30.9. The molecule has 0 atom stereocenters. The summed E-state index contributed by atoms with van der Waals surface area (Å²) in [5.74, 6) is -8.88. The Morgan fingerprint density at radius 1 is 0.655 bits per heavy atom. The lowest BCUT2D eigenvalue weighted by Gasteiger charge is -2.30. The van der Waals surface area contributed by atoms with Gasteiger partial charge in [-0.15, -0.1) is 26.3 Å². The summed E-state index contributed by atoms with van der Waals surface area (Å²) in [6.07, 6.45) is -11.3. The molecule has 0 saturated heterocycles. The minimum Gasteiger partial charge on any atom is -0.447 e. The fourth-order valence-electron chi connectivity index (χ4n) is 4.70. The Morgan fingerprint density at radius 3 is 1.47 bits per heavy atom. The van der Waals surface area contributed by atoms with Crippen LogP contribution in [0.1, 0.15) is 28.4 Å². The number of halogens is 12. The van der Waals surface area contributed by atoms with Crippen LogP contribution in [-0.2, 0) is 53.8 Å². The number of para-hydroxylation sites is 2. The number of benzene rings is 4. The molecule has 0 fully saturated rings. The Morgan fingerprint density at radius 2 is 1.07 bits per heavy atom. The van der Waals surface area contributed by atoms with Crippen molar-refractivity contribution in [3.05, 3.63) is 108 Å². The van der Waals surface area contributed by atoms with Crippen LogP contribution in [0.2, 0.25) is 0 Å². The van der Waals surface area contributed by atoms with Crippen molar-refractivity contribution in [2.45, 2.75) is 64.0 Å². The lowest BCUT2D eigenvalue weighted by atomic mass is 10.0. The van der Waals surface area contributed by atoms with Gasteiger partial charge in [-0.3, -0.25) is 18.8 Å². The van der Waals surface area contributed by atoms with Crippen LogP contribution < -0.4 is 8.92 Å². The molecule has 0 aliphatic carbocycles. The van der Waals surface area contributed by atoms with Gasteiger partial charge in [-0.1, -0.05) is 42.5 Å². The molecule has 0 aromatic heterocycles. The second-order valence-corrected chi connectivity index (χ2v) is 16.4. The number of hydrogen-bond acceptors (Lipinski definition) is 9. The first-order valence-corrected chi connectivity index (χ1v) is 19.4. The lowest BCUT2D eigenvalue weighted by molar-refractivity contribution is -0.330. The maximum Gasteiger partial charge on any atom is 0.522 e. The number of ether oxygens (including phenoxy) is 3. The summed E-state index contributed by atoms with van der Waals surface area (Å²) in [7, 11) is -15.2. The number of carbonyl (C=O) groups is 1. The van der Waals surface area contributed by atoms with Gasteiger partial charge in [-0.05, 0) is 55.5 Å². The zero-order valence-electron chi connectivity index (χ0n) is 28.5. The Labute approximate surface area is 322 Å². The number of alkyl halides is 12. The SMILES string of the molecule is CC(=O)c1cc(COC(F)(F)F)c(OS(=O)(=O)C(F)(F)C(F)(F)C(F)(F)S(=O)(=O)O)c(COC(F)(F)F)c1.c1ccc([S+]2c3ccccc3Oc3ccccc32)cc1. The first-order chi connectivity index (χ1) is 26.5. The molecule has 316 valence electrons. The van der Waals surface area contributed by atoms with E-state index in [2.05, 4.69) is 68.3 Å². The molecule has 25 heteroatoms. The predicted molar refractivity (Wildman–Crippen MR) is 176 cm³/mol. The summed E-state index contributed by atoms with van der Waals surface area (Å²) >= 11 is 0. The molecule has 1 aliphatic rings. The molecule has 4 aromatic carbocycles. The van der Waals surface area contributed by atoms with E-state index in [1.54, 1.807) is 0 Å². The van der Waals surface area contributed by atoms with Gasteiger partial charge < -0.3 is 8.92 Å². The van der Waals surface area contributed by atoms with Crippen LogP contribution in [0, 0.1) is 0 Å². The third-order valence-corrected chi connectivity index (χ3v) is 11.8. The molecule has 0 spiro atoms. The predicted octanol–water partition coefficient (Wildman–Crippen LogP) is 9.27. The molecule has 58 heavy (non-hydrogen) atoms. The third-order valence-electron chi connectivity index (χ3n) is 7.33. The van der Waals surface area contributed by atoms with E-state index in [4.69, 9.17) is 9.29 Å². The number of hydrogen-bond donors (Lipinski definition) is 1. The van der Waals surface area contributed by atoms with Crippen LogP contribution in [0.5, 0.6) is 17.2 Å². The van der Waals surface area contributed by atoms with Gasteiger partial charge in [0.2, 0.25) is 9.79 Å². The Hall–Kier alpha value is -4.56. The van der Waals surface area contributed by atoms with Crippen molar-refractivity contribution in [1.29, 1.82) is 0 Å². The van der Waals surface area contributed by atoms with Crippen LogP contribution >= 0.6 is 0 Å². The summed E-state index contributed by atoms with van der Waals surface area (Å²) in [5, 5.41) is -14.6. The molecular formula is C33H23F12O10S3+. The van der Waals surface area contributed by atoms with E-state index in [0.29, 0.717) is 6.92 Å². The van der Waals surface area contributed by atoms with E-state index >= 15 is 0 Å². The maximum atomic E-state index is 14.1. The first kappa shape index (κ1) is 46.1. The van der Waals surface area contributed by atoms with Crippen LogP contribution in [0.25, 0.3) is 0 Å². The zero-order chi connectivity index (χ0) is 43.7. The standard InChI is InChI=1S/C18H13OS.C15H10F12O9S2/c1-2-8-14(9-3-1)20-17-12-6-4-10-15(17)19-16-11-5-7-13-18(16)20;1-6(28)7-2-8(4-34-14(22,23)24)10(9(3-7)5-35-15(25,26)27)36-38(32,33)13(20,21)11(16,17)12(18,19)37(29,30)31/h1-13H;2-3H,4-5H2,1H3,(H,29,30,31)/q+1;. The van der Waals surface area contributed by atoms with E-state index in [1.165, 1.54) is 14.7 Å². The molecule has 1 heterocycles. The second kappa shape index (κ2) is 16.6. The average molecular weight is 904 g/mol. The van der Waals surface area contributed by atoms with E-state index in [-0.39, 0.29) is 23.0 Å². The number of carbonyl (C=O) groups excluding carboxylic acids is 1. The molecule has 0 amide bonds. The van der Waals surface area contributed by atoms with Gasteiger partial charge in [0.05, 0.1) is 13.2 Å². The highest BCUT2D eigenvalue weighted by molar-refractivity contribution is 7.97. The smallest absolute Gasteiger partial charge is 0.447 e. The fourth-order valence-corrected chi connectivity index (χ4v) is 8.42. The Balaban J connectivity index is 0.000000306. The number of ketones is 1. The fraction of sp³-hybridized carbons (Fsp3) is 0.242. The highest BCUT2D eigenvalue weighted by Gasteiger charge is 2.83. The minimum atomic E-state index is -7.70. The van der Waals surface area contributed by atoms with Gasteiger partial charge in [-0.25, -0.2) is 0 Å². The van der Waals surface area contributed by atoms with Crippen molar-refractivity contribution in [3.8, 4) is 17.2 Å². The molecular weight excluding hydrogens is 881 g/mol. The molecule has 0 bridgehead atoms. The van der Waals surface area contributed by atoms with Gasteiger partial charge in [-0.2, -0.15) is 43.2 Å². The topological polar surface area (TPSA) is 142 Å². The summed E-state index contributed by atoms with van der Waals surface area (Å²) in [6, 6.07) is 27.6. The summed E-state index contributed by atoms with van der Waals surface area (Å²) < 4.78 is 226. The van der Waals surface area contributed by atoms with Crippen LogP contribution in [-0.4, -0.2) is 56.3 Å². The van der Waals surface area contributed by atoms with Gasteiger partial charge in [0.25, 0.3) is 0 Å². The molecule has 5 rings (SSSR count). The van der Waals surface area contributed by atoms with Crippen molar-refractivity contribution in [1.82, 2.24) is 0 Å². The average Bonchev–Trinajstić information content (AvgIpc) is 3.11. The summed E-state index contributed by atoms with van der Waals surface area (Å²) in [6.45, 7) is -3.43. The first-order valence-electron chi connectivity index (χ1n) is 15.3. The summed E-state index contributed by atoms with van der Waals surface area (Å²) in [5.41, 5.74) is -3.91. The molecule has 0 unspecified atom stereocenters. The number of rotatable bonds is 12. The van der Waals surface area contributed by atoms with Crippen LogP contribution in [0.4, 0.5) is 52.7 Å². The Bertz CT molecular complexity index is 2270. The van der Waals surface area contributed by atoms with Crippen LogP contribution in [0.3, 0.4) is 0 Å². The van der Waals surface area contributed by atoms with Crippen molar-refractivity contribution in [2.75, 3.05) is 0 Å².